The van der Waals surface area contributed by atoms with Crippen LogP contribution in [0.15, 0.2) is 35.5 Å². The predicted octanol–water partition coefficient (Wildman–Crippen LogP) is 2.31. The van der Waals surface area contributed by atoms with Gasteiger partial charge in [-0.05, 0) is 5.56 Å². The van der Waals surface area contributed by atoms with Crippen LogP contribution in [-0.4, -0.2) is 59.8 Å². The van der Waals surface area contributed by atoms with Gasteiger partial charge in [0.05, 0.1) is 6.21 Å². The molecule has 0 spiro atoms. The number of alkyl halides is 1. The summed E-state index contributed by atoms with van der Waals surface area (Å²) in [5.41, 5.74) is 0.845. The summed E-state index contributed by atoms with van der Waals surface area (Å²) in [5, 5.41) is 3.84. The summed E-state index contributed by atoms with van der Waals surface area (Å²) in [6.07, 6.45) is -3.96. The van der Waals surface area contributed by atoms with Gasteiger partial charge in [-0.25, -0.2) is 0 Å². The van der Waals surface area contributed by atoms with Gasteiger partial charge >= 0.3 is 23.9 Å². The zero-order valence-corrected chi connectivity index (χ0v) is 19.8. The van der Waals surface area contributed by atoms with Gasteiger partial charge in [0.25, 0.3) is 0 Å². The van der Waals surface area contributed by atoms with Crippen molar-refractivity contribution in [3.63, 3.8) is 0 Å². The largest absolute Gasteiger partial charge is 0.458 e. The van der Waals surface area contributed by atoms with Crippen molar-refractivity contribution in [3.05, 3.63) is 35.9 Å². The fraction of sp³-hybridized carbons (Fsp3) is 0.476. The Balaban J connectivity index is 3.20. The predicted molar refractivity (Wildman–Crippen MR) is 116 cm³/mol. The lowest BCUT2D eigenvalue weighted by Crippen LogP contribution is -2.52. The van der Waals surface area contributed by atoms with E-state index in [9.17, 15) is 19.2 Å². The fourth-order valence-corrected chi connectivity index (χ4v) is 3.12. The third-order valence-corrected chi connectivity index (χ3v) is 4.38. The Morgan fingerprint density at radius 3 is 1.88 bits per heavy atom. The second-order valence-electron chi connectivity index (χ2n) is 6.54. The van der Waals surface area contributed by atoms with E-state index in [1.165, 1.54) is 6.92 Å². The normalized spacial score (nSPS) is 14.5. The van der Waals surface area contributed by atoms with Gasteiger partial charge in [0, 0.05) is 33.0 Å². The van der Waals surface area contributed by atoms with E-state index >= 15 is 0 Å². The average Bonchev–Trinajstić information content (AvgIpc) is 2.71. The molecule has 0 radical (unpaired) electrons. The topological polar surface area (TPSA) is 127 Å². The lowest BCUT2D eigenvalue weighted by Gasteiger charge is -2.33. The third-order valence-electron chi connectivity index (χ3n) is 3.75. The number of halogens is 1. The monoisotopic (exact) mass is 515 g/mol. The van der Waals surface area contributed by atoms with Crippen LogP contribution in [0, 0.1) is 0 Å². The molecule has 0 unspecified atom stereocenters. The molecule has 1 aromatic rings. The van der Waals surface area contributed by atoms with Crippen LogP contribution in [0.1, 0.15) is 33.3 Å². The lowest BCUT2D eigenvalue weighted by atomic mass is 10.0. The number of oxime groups is 1. The number of rotatable bonds is 12. The second kappa shape index (κ2) is 14.2. The average molecular weight is 516 g/mol. The molecule has 0 amide bonds. The van der Waals surface area contributed by atoms with Crippen molar-refractivity contribution in [2.75, 3.05) is 5.33 Å². The number of hydrogen-bond donors (Lipinski definition) is 0. The number of carbonyl (C=O) groups is 4. The fourth-order valence-electron chi connectivity index (χ4n) is 2.62. The molecule has 0 aliphatic heterocycles. The Kier molecular flexibility index (Phi) is 12.0. The molecule has 0 aliphatic carbocycles. The van der Waals surface area contributed by atoms with Gasteiger partial charge < -0.3 is 23.8 Å². The molecule has 0 heterocycles. The van der Waals surface area contributed by atoms with E-state index in [2.05, 4.69) is 21.1 Å². The second-order valence-corrected chi connectivity index (χ2v) is 7.19. The summed E-state index contributed by atoms with van der Waals surface area (Å²) in [4.78, 5) is 52.0. The van der Waals surface area contributed by atoms with Crippen LogP contribution in [0.2, 0.25) is 0 Å². The third kappa shape index (κ3) is 10.4. The van der Waals surface area contributed by atoms with Gasteiger partial charge in [-0.3, -0.25) is 19.2 Å². The zero-order valence-electron chi connectivity index (χ0n) is 18.2. The number of hydrogen-bond acceptors (Lipinski definition) is 10. The van der Waals surface area contributed by atoms with E-state index in [-0.39, 0.29) is 11.9 Å². The zero-order chi connectivity index (χ0) is 24.1. The highest BCUT2D eigenvalue weighted by Gasteiger charge is 2.42. The van der Waals surface area contributed by atoms with Gasteiger partial charge in [0.2, 0.25) is 0 Å². The smallest absolute Gasteiger partial charge is 0.303 e. The van der Waals surface area contributed by atoms with Crippen molar-refractivity contribution in [1.29, 1.82) is 0 Å². The maximum atomic E-state index is 11.8. The summed E-state index contributed by atoms with van der Waals surface area (Å²) >= 11 is 3.18. The molecule has 0 aliphatic rings. The summed E-state index contributed by atoms with van der Waals surface area (Å²) in [6, 6.07) is 9.18. The molecular formula is C21H26BrNO9. The summed E-state index contributed by atoms with van der Waals surface area (Å²) < 4.78 is 21.0. The van der Waals surface area contributed by atoms with E-state index in [0.717, 1.165) is 32.5 Å². The SMILES string of the molecule is CC(=O)O[C@@H]([C@H](OC(C)=O)[C@@H](CBr)OC(C)=O)[C@H](/C=N/OCc1ccccc1)OC(C)=O. The molecule has 0 bridgehead atoms. The highest BCUT2D eigenvalue weighted by Crippen LogP contribution is 2.20. The molecule has 1 aromatic carbocycles. The van der Waals surface area contributed by atoms with Crippen molar-refractivity contribution in [1.82, 2.24) is 0 Å². The van der Waals surface area contributed by atoms with E-state index in [4.69, 9.17) is 23.8 Å². The number of esters is 4. The maximum Gasteiger partial charge on any atom is 0.303 e. The number of ether oxygens (including phenoxy) is 4. The molecule has 11 heteroatoms. The van der Waals surface area contributed by atoms with Crippen LogP contribution in [0.3, 0.4) is 0 Å². The molecule has 32 heavy (non-hydrogen) atoms. The molecule has 1 rings (SSSR count). The minimum atomic E-state index is -1.38. The van der Waals surface area contributed by atoms with Crippen molar-refractivity contribution in [3.8, 4) is 0 Å². The maximum absolute atomic E-state index is 11.8. The summed E-state index contributed by atoms with van der Waals surface area (Å²) in [5.74, 6) is -2.86. The molecule has 0 aromatic heterocycles. The molecule has 0 N–H and O–H groups in total. The van der Waals surface area contributed by atoms with Crippen molar-refractivity contribution < 1.29 is 43.0 Å². The Morgan fingerprint density at radius 2 is 1.38 bits per heavy atom. The Bertz CT molecular complexity index is 800. The van der Waals surface area contributed by atoms with Crippen LogP contribution >= 0.6 is 15.9 Å². The molecule has 0 fully saturated rings. The summed E-state index contributed by atoms with van der Waals surface area (Å²) in [6.45, 7) is 4.71. The quantitative estimate of drug-likeness (QED) is 0.135. The van der Waals surface area contributed by atoms with Gasteiger partial charge in [-0.15, -0.1) is 0 Å². The molecular weight excluding hydrogens is 490 g/mol. The van der Waals surface area contributed by atoms with E-state index in [0.29, 0.717) is 0 Å². The minimum absolute atomic E-state index is 0.0384. The molecule has 176 valence electrons. The van der Waals surface area contributed by atoms with E-state index in [1.807, 2.05) is 30.3 Å². The Labute approximate surface area is 194 Å². The van der Waals surface area contributed by atoms with Crippen molar-refractivity contribution in [2.45, 2.75) is 58.7 Å². The van der Waals surface area contributed by atoms with Gasteiger partial charge in [-0.2, -0.15) is 0 Å². The Morgan fingerprint density at radius 1 is 0.844 bits per heavy atom. The standard InChI is InChI=1S/C21H26BrNO9/c1-13(24)29-18(10-22)20(31-15(3)26)21(32-16(4)27)19(30-14(2)25)11-23-28-12-17-8-6-5-7-9-17/h5-9,11,18-21H,10,12H2,1-4H3/b23-11+/t18-,19+,20-,21-/m1/s1. The van der Waals surface area contributed by atoms with Gasteiger partial charge in [0.1, 0.15) is 6.61 Å². The van der Waals surface area contributed by atoms with Gasteiger partial charge in [0.15, 0.2) is 24.4 Å². The Hall–Kier alpha value is -2.95. The van der Waals surface area contributed by atoms with Crippen LogP contribution in [-0.2, 0) is 49.6 Å². The summed E-state index contributed by atoms with van der Waals surface area (Å²) in [7, 11) is 0. The van der Waals surface area contributed by atoms with Crippen LogP contribution in [0.25, 0.3) is 0 Å². The number of nitrogens with zero attached hydrogens (tertiary/aromatic N) is 1. The van der Waals surface area contributed by atoms with E-state index in [1.54, 1.807) is 0 Å². The number of carbonyl (C=O) groups excluding carboxylic acids is 4. The lowest BCUT2D eigenvalue weighted by molar-refractivity contribution is -0.190. The van der Waals surface area contributed by atoms with Gasteiger partial charge in [-0.1, -0.05) is 51.4 Å². The van der Waals surface area contributed by atoms with Crippen LogP contribution in [0.5, 0.6) is 0 Å². The highest BCUT2D eigenvalue weighted by atomic mass is 79.9. The highest BCUT2D eigenvalue weighted by molar-refractivity contribution is 9.09. The molecule has 4 atom stereocenters. The van der Waals surface area contributed by atoms with Crippen molar-refractivity contribution >= 4 is 46.0 Å². The molecule has 10 nitrogen and oxygen atoms in total. The minimum Gasteiger partial charge on any atom is -0.458 e. The number of benzene rings is 1. The van der Waals surface area contributed by atoms with Crippen LogP contribution < -0.4 is 0 Å². The molecule has 0 saturated carbocycles. The first-order valence-electron chi connectivity index (χ1n) is 9.58. The first-order valence-corrected chi connectivity index (χ1v) is 10.7. The van der Waals surface area contributed by atoms with Crippen LogP contribution in [0.4, 0.5) is 0 Å². The first-order chi connectivity index (χ1) is 15.1. The first kappa shape index (κ1) is 27.1. The van der Waals surface area contributed by atoms with Crippen molar-refractivity contribution in [2.24, 2.45) is 5.16 Å². The molecule has 0 saturated heterocycles. The van der Waals surface area contributed by atoms with E-state index < -0.39 is 48.3 Å².